The fourth-order valence-electron chi connectivity index (χ4n) is 3.07. The third-order valence-corrected chi connectivity index (χ3v) is 7.15. The van der Waals surface area contributed by atoms with Gasteiger partial charge in [-0.25, -0.2) is 8.42 Å². The molecular formula is C19H21N3O2S2. The molecule has 0 fully saturated rings. The second kappa shape index (κ2) is 6.81. The predicted octanol–water partition coefficient (Wildman–Crippen LogP) is 4.55. The van der Waals surface area contributed by atoms with E-state index in [9.17, 15) is 8.42 Å². The molecule has 7 heteroatoms. The summed E-state index contributed by atoms with van der Waals surface area (Å²) in [5.41, 5.74) is 6.95. The van der Waals surface area contributed by atoms with Crippen molar-refractivity contribution in [3.63, 3.8) is 0 Å². The second-order valence-corrected chi connectivity index (χ2v) is 8.66. The minimum atomic E-state index is -3.68. The Kier molecular flexibility index (Phi) is 4.86. The van der Waals surface area contributed by atoms with E-state index in [2.05, 4.69) is 14.3 Å². The molecule has 1 heterocycles. The molecule has 26 heavy (non-hydrogen) atoms. The minimum Gasteiger partial charge on any atom is -0.280 e. The molecule has 0 radical (unpaired) electrons. The number of benzene rings is 2. The fourth-order valence-corrected chi connectivity index (χ4v) is 5.20. The van der Waals surface area contributed by atoms with Gasteiger partial charge < -0.3 is 0 Å². The SMILES string of the molecule is Cc1c(C)c(C)c(S(=O)(=O)Nc2ccc(-c3csnn3)cc2)c(C)c1C. The first kappa shape index (κ1) is 18.5. The molecule has 1 aromatic heterocycles. The normalized spacial score (nSPS) is 11.6. The van der Waals surface area contributed by atoms with Crippen molar-refractivity contribution >= 4 is 27.2 Å². The highest BCUT2D eigenvalue weighted by Gasteiger charge is 2.23. The minimum absolute atomic E-state index is 0.367. The van der Waals surface area contributed by atoms with Crippen molar-refractivity contribution in [1.29, 1.82) is 0 Å². The van der Waals surface area contributed by atoms with Gasteiger partial charge in [0.25, 0.3) is 10.0 Å². The van der Waals surface area contributed by atoms with E-state index < -0.39 is 10.0 Å². The van der Waals surface area contributed by atoms with Gasteiger partial charge in [-0.3, -0.25) is 4.72 Å². The monoisotopic (exact) mass is 387 g/mol. The van der Waals surface area contributed by atoms with E-state index in [1.807, 2.05) is 52.1 Å². The van der Waals surface area contributed by atoms with Gasteiger partial charge in [-0.05, 0) is 86.1 Å². The predicted molar refractivity (Wildman–Crippen MR) is 106 cm³/mol. The molecule has 0 saturated heterocycles. The maximum Gasteiger partial charge on any atom is 0.262 e. The molecule has 0 aliphatic rings. The molecule has 0 aliphatic heterocycles. The van der Waals surface area contributed by atoms with Crippen LogP contribution in [0.5, 0.6) is 0 Å². The van der Waals surface area contributed by atoms with Gasteiger partial charge in [0.2, 0.25) is 0 Å². The van der Waals surface area contributed by atoms with Crippen LogP contribution in [0.3, 0.4) is 0 Å². The average molecular weight is 388 g/mol. The lowest BCUT2D eigenvalue weighted by atomic mass is 9.95. The molecule has 2 aromatic carbocycles. The van der Waals surface area contributed by atoms with E-state index in [0.29, 0.717) is 10.6 Å². The molecule has 136 valence electrons. The van der Waals surface area contributed by atoms with Gasteiger partial charge in [-0.2, -0.15) is 0 Å². The molecule has 0 bridgehead atoms. The summed E-state index contributed by atoms with van der Waals surface area (Å²) < 4.78 is 32.6. The van der Waals surface area contributed by atoms with Crippen molar-refractivity contribution in [3.05, 3.63) is 57.5 Å². The zero-order valence-corrected chi connectivity index (χ0v) is 17.0. The fraction of sp³-hybridized carbons (Fsp3) is 0.263. The number of rotatable bonds is 4. The summed E-state index contributed by atoms with van der Waals surface area (Å²) in [5.74, 6) is 0. The van der Waals surface area contributed by atoms with E-state index in [1.54, 1.807) is 12.1 Å². The Hall–Kier alpha value is -2.25. The number of anilines is 1. The first-order valence-corrected chi connectivity index (χ1v) is 10.5. The van der Waals surface area contributed by atoms with Crippen LogP contribution in [0.4, 0.5) is 5.69 Å². The quantitative estimate of drug-likeness (QED) is 0.713. The van der Waals surface area contributed by atoms with Gasteiger partial charge in [-0.1, -0.05) is 16.6 Å². The number of sulfonamides is 1. The Morgan fingerprint density at radius 1 is 0.846 bits per heavy atom. The van der Waals surface area contributed by atoms with E-state index in [4.69, 9.17) is 0 Å². The van der Waals surface area contributed by atoms with Crippen molar-refractivity contribution in [2.75, 3.05) is 4.72 Å². The van der Waals surface area contributed by atoms with Crippen LogP contribution in [0.2, 0.25) is 0 Å². The lowest BCUT2D eigenvalue weighted by Crippen LogP contribution is -2.17. The van der Waals surface area contributed by atoms with Crippen LogP contribution in [-0.4, -0.2) is 18.0 Å². The Balaban J connectivity index is 1.98. The summed E-state index contributed by atoms with van der Waals surface area (Å²) in [6.07, 6.45) is 0. The van der Waals surface area contributed by atoms with Crippen LogP contribution in [0.1, 0.15) is 27.8 Å². The third kappa shape index (κ3) is 3.24. The summed E-state index contributed by atoms with van der Waals surface area (Å²) in [5, 5.41) is 5.87. The molecule has 0 aliphatic carbocycles. The van der Waals surface area contributed by atoms with Crippen LogP contribution >= 0.6 is 11.5 Å². The third-order valence-electron chi connectivity index (χ3n) is 4.99. The summed E-state index contributed by atoms with van der Waals surface area (Å²) in [6.45, 7) is 9.68. The van der Waals surface area contributed by atoms with Crippen LogP contribution in [0, 0.1) is 34.6 Å². The standard InChI is InChI=1S/C19H21N3O2S2/c1-11-12(2)14(4)19(15(5)13(11)3)26(23,24)21-17-8-6-16(7-9-17)18-10-25-22-20-18/h6-10,21H,1-5H3. The summed E-state index contributed by atoms with van der Waals surface area (Å²) in [6, 6.07) is 7.15. The van der Waals surface area contributed by atoms with Crippen molar-refractivity contribution in [2.24, 2.45) is 0 Å². The van der Waals surface area contributed by atoms with Gasteiger partial charge in [-0.15, -0.1) is 5.10 Å². The number of nitrogens with zero attached hydrogens (tertiary/aromatic N) is 2. The average Bonchev–Trinajstić information content (AvgIpc) is 3.13. The molecule has 0 amide bonds. The van der Waals surface area contributed by atoms with Crippen LogP contribution in [-0.2, 0) is 10.0 Å². The van der Waals surface area contributed by atoms with Gasteiger partial charge in [0.1, 0.15) is 5.69 Å². The summed E-state index contributed by atoms with van der Waals surface area (Å²) >= 11 is 1.28. The van der Waals surface area contributed by atoms with Crippen molar-refractivity contribution in [1.82, 2.24) is 9.59 Å². The van der Waals surface area contributed by atoms with Gasteiger partial charge in [0, 0.05) is 16.6 Å². The van der Waals surface area contributed by atoms with Crippen LogP contribution in [0.25, 0.3) is 11.3 Å². The smallest absolute Gasteiger partial charge is 0.262 e. The van der Waals surface area contributed by atoms with Crippen LogP contribution in [0.15, 0.2) is 34.5 Å². The first-order valence-electron chi connectivity index (χ1n) is 8.19. The lowest BCUT2D eigenvalue weighted by Gasteiger charge is -2.19. The molecule has 0 saturated carbocycles. The highest BCUT2D eigenvalue weighted by atomic mass is 32.2. The maximum atomic E-state index is 13.0. The Morgan fingerprint density at radius 2 is 1.38 bits per heavy atom. The molecular weight excluding hydrogens is 366 g/mol. The number of hydrogen-bond acceptors (Lipinski definition) is 5. The topological polar surface area (TPSA) is 72.0 Å². The molecule has 0 atom stereocenters. The van der Waals surface area contributed by atoms with E-state index >= 15 is 0 Å². The highest BCUT2D eigenvalue weighted by Crippen LogP contribution is 2.31. The largest absolute Gasteiger partial charge is 0.280 e. The molecule has 1 N–H and O–H groups in total. The van der Waals surface area contributed by atoms with E-state index in [1.165, 1.54) is 11.5 Å². The highest BCUT2D eigenvalue weighted by molar-refractivity contribution is 7.92. The molecule has 0 unspecified atom stereocenters. The Morgan fingerprint density at radius 3 is 1.88 bits per heavy atom. The maximum absolute atomic E-state index is 13.0. The van der Waals surface area contributed by atoms with Gasteiger partial charge in [0.15, 0.2) is 0 Å². The van der Waals surface area contributed by atoms with E-state index in [-0.39, 0.29) is 0 Å². The van der Waals surface area contributed by atoms with Crippen molar-refractivity contribution in [2.45, 2.75) is 39.5 Å². The molecule has 3 rings (SSSR count). The van der Waals surface area contributed by atoms with Crippen LogP contribution < -0.4 is 4.72 Å². The number of aromatic nitrogens is 2. The first-order chi connectivity index (χ1) is 12.2. The second-order valence-electron chi connectivity index (χ2n) is 6.43. The molecule has 3 aromatic rings. The zero-order chi connectivity index (χ0) is 19.1. The molecule has 5 nitrogen and oxygen atoms in total. The molecule has 0 spiro atoms. The van der Waals surface area contributed by atoms with Gasteiger partial charge in [0.05, 0.1) is 4.90 Å². The van der Waals surface area contributed by atoms with Crippen molar-refractivity contribution in [3.8, 4) is 11.3 Å². The lowest BCUT2D eigenvalue weighted by molar-refractivity contribution is 0.599. The number of hydrogen-bond donors (Lipinski definition) is 1. The van der Waals surface area contributed by atoms with Gasteiger partial charge >= 0.3 is 0 Å². The van der Waals surface area contributed by atoms with E-state index in [0.717, 1.165) is 39.1 Å². The Labute approximate surface area is 158 Å². The summed E-state index contributed by atoms with van der Waals surface area (Å²) in [4.78, 5) is 0.367. The summed E-state index contributed by atoms with van der Waals surface area (Å²) in [7, 11) is -3.68. The van der Waals surface area contributed by atoms with Crippen molar-refractivity contribution < 1.29 is 8.42 Å². The number of nitrogens with one attached hydrogen (secondary N) is 1. The zero-order valence-electron chi connectivity index (χ0n) is 15.4. The Bertz CT molecular complexity index is 1030.